The lowest BCUT2D eigenvalue weighted by Gasteiger charge is -2.19. The van der Waals surface area contributed by atoms with Gasteiger partial charge in [-0.2, -0.15) is 0 Å². The van der Waals surface area contributed by atoms with Gasteiger partial charge in [0.1, 0.15) is 18.8 Å². The predicted octanol–water partition coefficient (Wildman–Crippen LogP) is 2.52. The molecular formula is C24H28N2O6. The zero-order chi connectivity index (χ0) is 23.1. The van der Waals surface area contributed by atoms with Gasteiger partial charge in [-0.15, -0.1) is 0 Å². The number of benzene rings is 2. The number of hydrogen-bond acceptors (Lipinski definition) is 5. The topological polar surface area (TPSA) is 117 Å². The zero-order valence-electron chi connectivity index (χ0n) is 18.1. The third-order valence-electron chi connectivity index (χ3n) is 5.23. The van der Waals surface area contributed by atoms with Crippen LogP contribution in [0.5, 0.6) is 0 Å². The largest absolute Gasteiger partial charge is 0.480 e. The van der Waals surface area contributed by atoms with Crippen molar-refractivity contribution in [2.75, 3.05) is 0 Å². The van der Waals surface area contributed by atoms with Crippen molar-refractivity contribution in [3.8, 4) is 0 Å². The lowest BCUT2D eigenvalue weighted by molar-refractivity contribution is -0.143. The van der Waals surface area contributed by atoms with E-state index in [4.69, 9.17) is 9.47 Å². The first-order valence-corrected chi connectivity index (χ1v) is 10.5. The second-order valence-electron chi connectivity index (χ2n) is 8.09. The van der Waals surface area contributed by atoms with Crippen LogP contribution >= 0.6 is 0 Å². The Hall–Kier alpha value is -3.39. The van der Waals surface area contributed by atoms with E-state index in [1.54, 1.807) is 13.8 Å². The van der Waals surface area contributed by atoms with Crippen molar-refractivity contribution in [3.05, 3.63) is 71.8 Å². The molecule has 0 aromatic heterocycles. The number of amides is 2. The summed E-state index contributed by atoms with van der Waals surface area (Å²) in [6.07, 6.45) is -1.60. The van der Waals surface area contributed by atoms with Gasteiger partial charge in [0, 0.05) is 0 Å². The Bertz CT molecular complexity index is 919. The zero-order valence-corrected chi connectivity index (χ0v) is 18.1. The molecule has 0 saturated carbocycles. The van der Waals surface area contributed by atoms with Gasteiger partial charge in [-0.3, -0.25) is 4.79 Å². The van der Waals surface area contributed by atoms with Crippen molar-refractivity contribution in [2.24, 2.45) is 5.92 Å². The summed E-state index contributed by atoms with van der Waals surface area (Å²) in [6, 6.07) is 17.3. The molecule has 0 radical (unpaired) electrons. The molecule has 2 aromatic rings. The van der Waals surface area contributed by atoms with E-state index < -0.39 is 42.3 Å². The Labute approximate surface area is 186 Å². The summed E-state index contributed by atoms with van der Waals surface area (Å²) in [6.45, 7) is 3.55. The Morgan fingerprint density at radius 3 is 2.12 bits per heavy atom. The van der Waals surface area contributed by atoms with Crippen LogP contribution in [-0.2, 0) is 32.1 Å². The van der Waals surface area contributed by atoms with Gasteiger partial charge in [0.2, 0.25) is 0 Å². The number of aliphatic carboxylic acids is 1. The summed E-state index contributed by atoms with van der Waals surface area (Å²) >= 11 is 0. The van der Waals surface area contributed by atoms with Crippen LogP contribution in [0.25, 0.3) is 0 Å². The minimum atomic E-state index is -1.10. The standard InChI is InChI=1S/C24H28N2O6/c1-15(2)19(23(28)29)26-22(27)21-20(32-21)18(13-16-9-5-3-6-10-16)25-24(30)31-14-17-11-7-4-8-12-17/h3-12,15,18-21H,13-14H2,1-2H3,(H,25,30)(H,26,27)(H,28,29)/t18-,19?,20+,21+/m0/s1. The lowest BCUT2D eigenvalue weighted by atomic mass is 10.0. The Morgan fingerprint density at radius 2 is 1.56 bits per heavy atom. The van der Waals surface area contributed by atoms with Crippen LogP contribution < -0.4 is 10.6 Å². The molecule has 8 nitrogen and oxygen atoms in total. The minimum Gasteiger partial charge on any atom is -0.480 e. The monoisotopic (exact) mass is 440 g/mol. The van der Waals surface area contributed by atoms with E-state index in [1.807, 2.05) is 60.7 Å². The molecule has 1 heterocycles. The highest BCUT2D eigenvalue weighted by atomic mass is 16.6. The van der Waals surface area contributed by atoms with E-state index >= 15 is 0 Å². The van der Waals surface area contributed by atoms with E-state index in [0.29, 0.717) is 6.42 Å². The van der Waals surface area contributed by atoms with Crippen LogP contribution in [0.3, 0.4) is 0 Å². The van der Waals surface area contributed by atoms with E-state index in [0.717, 1.165) is 11.1 Å². The molecule has 0 bridgehead atoms. The first-order valence-electron chi connectivity index (χ1n) is 10.5. The first kappa shape index (κ1) is 23.3. The molecule has 32 heavy (non-hydrogen) atoms. The molecule has 0 spiro atoms. The molecule has 3 rings (SSSR count). The summed E-state index contributed by atoms with van der Waals surface area (Å²) in [5, 5.41) is 14.6. The number of ether oxygens (including phenoxy) is 2. The van der Waals surface area contributed by atoms with Gasteiger partial charge in [-0.1, -0.05) is 74.5 Å². The summed E-state index contributed by atoms with van der Waals surface area (Å²) in [5.41, 5.74) is 1.82. The van der Waals surface area contributed by atoms with Crippen LogP contribution in [0.2, 0.25) is 0 Å². The van der Waals surface area contributed by atoms with Crippen LogP contribution in [-0.4, -0.2) is 47.4 Å². The smallest absolute Gasteiger partial charge is 0.407 e. The van der Waals surface area contributed by atoms with Gasteiger partial charge in [0.15, 0.2) is 6.10 Å². The van der Waals surface area contributed by atoms with Gasteiger partial charge < -0.3 is 25.2 Å². The highest BCUT2D eigenvalue weighted by Crippen LogP contribution is 2.28. The van der Waals surface area contributed by atoms with Crippen molar-refractivity contribution < 1.29 is 29.0 Å². The molecule has 0 aliphatic carbocycles. The normalized spacial score (nSPS) is 19.0. The number of carboxylic acids is 1. The second kappa shape index (κ2) is 10.8. The van der Waals surface area contributed by atoms with E-state index in [-0.39, 0.29) is 12.5 Å². The van der Waals surface area contributed by atoms with E-state index in [2.05, 4.69) is 10.6 Å². The molecule has 2 aromatic carbocycles. The number of carbonyl (C=O) groups excluding carboxylic acids is 2. The fourth-order valence-corrected chi connectivity index (χ4v) is 3.42. The number of alkyl carbamates (subject to hydrolysis) is 1. The SMILES string of the molecule is CC(C)C(NC(=O)[C@@H]1O[C@@H]1[C@H](Cc1ccccc1)NC(=O)OCc1ccccc1)C(=O)O. The van der Waals surface area contributed by atoms with E-state index in [9.17, 15) is 19.5 Å². The maximum absolute atomic E-state index is 12.5. The second-order valence-corrected chi connectivity index (χ2v) is 8.09. The maximum atomic E-state index is 12.5. The number of nitrogens with one attached hydrogen (secondary N) is 2. The van der Waals surface area contributed by atoms with Gasteiger partial charge in [-0.05, 0) is 23.5 Å². The van der Waals surface area contributed by atoms with Crippen LogP contribution in [0.4, 0.5) is 4.79 Å². The molecule has 170 valence electrons. The number of rotatable bonds is 10. The van der Waals surface area contributed by atoms with Crippen LogP contribution in [0, 0.1) is 5.92 Å². The van der Waals surface area contributed by atoms with Crippen molar-refractivity contribution in [2.45, 2.75) is 51.2 Å². The number of carbonyl (C=O) groups is 3. The molecule has 4 atom stereocenters. The number of epoxide rings is 1. The van der Waals surface area contributed by atoms with E-state index in [1.165, 1.54) is 0 Å². The summed E-state index contributed by atoms with van der Waals surface area (Å²) < 4.78 is 10.9. The van der Waals surface area contributed by atoms with Crippen LogP contribution in [0.15, 0.2) is 60.7 Å². The quantitative estimate of drug-likeness (QED) is 0.489. The van der Waals surface area contributed by atoms with Gasteiger partial charge in [0.25, 0.3) is 5.91 Å². The van der Waals surface area contributed by atoms with Crippen molar-refractivity contribution in [1.29, 1.82) is 0 Å². The maximum Gasteiger partial charge on any atom is 0.407 e. The fraction of sp³-hybridized carbons (Fsp3) is 0.375. The van der Waals surface area contributed by atoms with Gasteiger partial charge >= 0.3 is 12.1 Å². The van der Waals surface area contributed by atoms with Crippen molar-refractivity contribution in [1.82, 2.24) is 10.6 Å². The van der Waals surface area contributed by atoms with Gasteiger partial charge in [0.05, 0.1) is 6.04 Å². The third kappa shape index (κ3) is 6.55. The molecule has 1 saturated heterocycles. The number of carboxylic acid groups (broad SMARTS) is 1. The molecule has 8 heteroatoms. The average Bonchev–Trinajstić information content (AvgIpc) is 3.57. The Kier molecular flexibility index (Phi) is 7.83. The molecule has 3 N–H and O–H groups in total. The first-order chi connectivity index (χ1) is 15.3. The molecule has 1 aliphatic heterocycles. The summed E-state index contributed by atoms with van der Waals surface area (Å²) in [4.78, 5) is 36.3. The summed E-state index contributed by atoms with van der Waals surface area (Å²) in [7, 11) is 0. The fourth-order valence-electron chi connectivity index (χ4n) is 3.42. The highest BCUT2D eigenvalue weighted by Gasteiger charge is 2.51. The molecular weight excluding hydrogens is 412 g/mol. The van der Waals surface area contributed by atoms with Crippen molar-refractivity contribution in [3.63, 3.8) is 0 Å². The predicted molar refractivity (Wildman–Crippen MR) is 117 cm³/mol. The highest BCUT2D eigenvalue weighted by molar-refractivity contribution is 5.88. The third-order valence-corrected chi connectivity index (χ3v) is 5.23. The lowest BCUT2D eigenvalue weighted by Crippen LogP contribution is -2.48. The summed E-state index contributed by atoms with van der Waals surface area (Å²) in [5.74, 6) is -1.89. The molecule has 1 aliphatic rings. The Balaban J connectivity index is 1.62. The van der Waals surface area contributed by atoms with Crippen molar-refractivity contribution >= 4 is 18.0 Å². The minimum absolute atomic E-state index is 0.120. The molecule has 1 fully saturated rings. The van der Waals surface area contributed by atoms with Crippen LogP contribution in [0.1, 0.15) is 25.0 Å². The van der Waals surface area contributed by atoms with Gasteiger partial charge in [-0.25, -0.2) is 9.59 Å². The average molecular weight is 440 g/mol. The Morgan fingerprint density at radius 1 is 0.969 bits per heavy atom. The molecule has 2 amide bonds. The molecule has 1 unspecified atom stereocenters. The number of hydrogen-bond donors (Lipinski definition) is 3.